The smallest absolute Gasteiger partial charge is 0.242 e. The van der Waals surface area contributed by atoms with Crippen LogP contribution < -0.4 is 5.73 Å². The predicted octanol–water partition coefficient (Wildman–Crippen LogP) is 1.90. The molecule has 120 valence electrons. The summed E-state index contributed by atoms with van der Waals surface area (Å²) in [7, 11) is 0. The van der Waals surface area contributed by atoms with Crippen molar-refractivity contribution < 1.29 is 4.79 Å². The molecule has 0 aromatic carbocycles. The second-order valence-corrected chi connectivity index (χ2v) is 7.10. The van der Waals surface area contributed by atoms with Crippen molar-refractivity contribution in [3.05, 3.63) is 0 Å². The predicted molar refractivity (Wildman–Crippen MR) is 87.7 cm³/mol. The van der Waals surface area contributed by atoms with E-state index in [2.05, 4.69) is 25.7 Å². The maximum atomic E-state index is 12.1. The van der Waals surface area contributed by atoms with Crippen molar-refractivity contribution in [2.75, 3.05) is 32.7 Å². The van der Waals surface area contributed by atoms with E-state index in [0.29, 0.717) is 5.41 Å². The van der Waals surface area contributed by atoms with Gasteiger partial charge in [-0.05, 0) is 31.2 Å². The normalized spacial score (nSPS) is 21.7. The van der Waals surface area contributed by atoms with Gasteiger partial charge in [0, 0.05) is 26.2 Å². The Hall–Kier alpha value is -0.0300. The first-order valence-electron chi connectivity index (χ1n) is 7.11. The van der Waals surface area contributed by atoms with Gasteiger partial charge in [0.1, 0.15) is 0 Å². The number of piperazine rings is 1. The molecule has 0 spiro atoms. The maximum Gasteiger partial charge on any atom is 0.242 e. The van der Waals surface area contributed by atoms with E-state index in [1.807, 2.05) is 4.90 Å². The number of amides is 1. The van der Waals surface area contributed by atoms with E-state index < -0.39 is 5.54 Å². The van der Waals surface area contributed by atoms with E-state index in [9.17, 15) is 4.79 Å². The van der Waals surface area contributed by atoms with Gasteiger partial charge >= 0.3 is 0 Å². The Kier molecular flexibility index (Phi) is 7.29. The van der Waals surface area contributed by atoms with Gasteiger partial charge in [-0.15, -0.1) is 24.8 Å². The Morgan fingerprint density at radius 3 is 2.00 bits per heavy atom. The van der Waals surface area contributed by atoms with Crippen LogP contribution in [0.15, 0.2) is 0 Å². The molecule has 20 heavy (non-hydrogen) atoms. The van der Waals surface area contributed by atoms with Crippen molar-refractivity contribution in [1.29, 1.82) is 0 Å². The van der Waals surface area contributed by atoms with Crippen LogP contribution in [0.2, 0.25) is 0 Å². The zero-order valence-corrected chi connectivity index (χ0v) is 14.5. The van der Waals surface area contributed by atoms with Crippen LogP contribution in [-0.4, -0.2) is 54.0 Å². The fourth-order valence-corrected chi connectivity index (χ4v) is 2.33. The lowest BCUT2D eigenvalue weighted by atomic mass is 9.92. The molecule has 2 fully saturated rings. The monoisotopic (exact) mass is 325 g/mol. The molecule has 0 atom stereocenters. The topological polar surface area (TPSA) is 49.6 Å². The standard InChI is InChI=1S/C14H27N3O.2ClH/c1-13(2,3)6-7-16-8-10-17(11-9-16)12(18)14(15)4-5-14;;/h4-11,15H2,1-3H3;2*1H. The molecule has 0 unspecified atom stereocenters. The van der Waals surface area contributed by atoms with Crippen LogP contribution in [0.1, 0.15) is 40.0 Å². The summed E-state index contributed by atoms with van der Waals surface area (Å²) in [4.78, 5) is 16.5. The summed E-state index contributed by atoms with van der Waals surface area (Å²) in [5, 5.41) is 0. The Morgan fingerprint density at radius 1 is 1.10 bits per heavy atom. The van der Waals surface area contributed by atoms with E-state index in [1.54, 1.807) is 0 Å². The second-order valence-electron chi connectivity index (χ2n) is 7.10. The summed E-state index contributed by atoms with van der Waals surface area (Å²) < 4.78 is 0. The summed E-state index contributed by atoms with van der Waals surface area (Å²) >= 11 is 0. The third kappa shape index (κ3) is 5.40. The first kappa shape index (κ1) is 20.0. The maximum absolute atomic E-state index is 12.1. The van der Waals surface area contributed by atoms with Gasteiger partial charge in [0.05, 0.1) is 5.54 Å². The van der Waals surface area contributed by atoms with Crippen molar-refractivity contribution >= 4 is 30.7 Å². The highest BCUT2D eigenvalue weighted by molar-refractivity contribution is 5.89. The van der Waals surface area contributed by atoms with Gasteiger partial charge in [-0.1, -0.05) is 20.8 Å². The largest absolute Gasteiger partial charge is 0.339 e. The number of nitrogens with two attached hydrogens (primary N) is 1. The minimum absolute atomic E-state index is 0. The number of hydrogen-bond donors (Lipinski definition) is 1. The van der Waals surface area contributed by atoms with Gasteiger partial charge in [-0.3, -0.25) is 9.69 Å². The number of halogens is 2. The van der Waals surface area contributed by atoms with E-state index in [0.717, 1.165) is 45.6 Å². The molecule has 1 saturated heterocycles. The third-order valence-electron chi connectivity index (χ3n) is 4.05. The average molecular weight is 326 g/mol. The lowest BCUT2D eigenvalue weighted by Crippen LogP contribution is -2.54. The Bertz CT molecular complexity index is 319. The molecule has 2 aliphatic rings. The SMILES string of the molecule is CC(C)(C)CCN1CCN(C(=O)C2(N)CC2)CC1.Cl.Cl. The third-order valence-corrected chi connectivity index (χ3v) is 4.05. The van der Waals surface area contributed by atoms with Crippen LogP contribution in [-0.2, 0) is 4.79 Å². The quantitative estimate of drug-likeness (QED) is 0.862. The molecule has 0 radical (unpaired) electrons. The van der Waals surface area contributed by atoms with Crippen molar-refractivity contribution in [3.8, 4) is 0 Å². The van der Waals surface area contributed by atoms with Gasteiger partial charge in [0.15, 0.2) is 0 Å². The number of rotatable bonds is 3. The van der Waals surface area contributed by atoms with Gasteiger partial charge in [-0.2, -0.15) is 0 Å². The minimum atomic E-state index is -0.492. The fourth-order valence-electron chi connectivity index (χ4n) is 2.33. The number of nitrogens with zero attached hydrogens (tertiary/aromatic N) is 2. The van der Waals surface area contributed by atoms with Crippen LogP contribution in [0.4, 0.5) is 0 Å². The Balaban J connectivity index is 0.00000180. The summed E-state index contributed by atoms with van der Waals surface area (Å²) in [6.07, 6.45) is 2.95. The van der Waals surface area contributed by atoms with Crippen molar-refractivity contribution in [3.63, 3.8) is 0 Å². The van der Waals surface area contributed by atoms with E-state index in [1.165, 1.54) is 6.42 Å². The van der Waals surface area contributed by atoms with E-state index in [4.69, 9.17) is 5.73 Å². The summed E-state index contributed by atoms with van der Waals surface area (Å²) in [6, 6.07) is 0. The van der Waals surface area contributed by atoms with Crippen molar-refractivity contribution in [2.45, 2.75) is 45.6 Å². The first-order valence-corrected chi connectivity index (χ1v) is 7.11. The molecule has 2 rings (SSSR count). The zero-order valence-electron chi connectivity index (χ0n) is 12.9. The van der Waals surface area contributed by atoms with Gasteiger partial charge in [-0.25, -0.2) is 0 Å². The fraction of sp³-hybridized carbons (Fsp3) is 0.929. The number of hydrogen-bond acceptors (Lipinski definition) is 3. The second kappa shape index (κ2) is 7.30. The molecule has 0 aromatic rings. The molecule has 0 aromatic heterocycles. The van der Waals surface area contributed by atoms with Gasteiger partial charge in [0.2, 0.25) is 5.91 Å². The van der Waals surface area contributed by atoms with Crippen LogP contribution in [0.3, 0.4) is 0 Å². The number of carbonyl (C=O) groups is 1. The molecule has 1 aliphatic heterocycles. The van der Waals surface area contributed by atoms with Crippen LogP contribution >= 0.6 is 24.8 Å². The van der Waals surface area contributed by atoms with Gasteiger partial charge in [0.25, 0.3) is 0 Å². The summed E-state index contributed by atoms with van der Waals surface area (Å²) in [6.45, 7) is 11.7. The van der Waals surface area contributed by atoms with Crippen molar-refractivity contribution in [2.24, 2.45) is 11.1 Å². The van der Waals surface area contributed by atoms with Crippen LogP contribution in [0.5, 0.6) is 0 Å². The number of carbonyl (C=O) groups excluding carboxylic acids is 1. The molecule has 1 saturated carbocycles. The highest BCUT2D eigenvalue weighted by atomic mass is 35.5. The Labute approximate surface area is 135 Å². The summed E-state index contributed by atoms with van der Waals surface area (Å²) in [5.41, 5.74) is 5.87. The minimum Gasteiger partial charge on any atom is -0.339 e. The molecule has 0 bridgehead atoms. The molecule has 4 nitrogen and oxygen atoms in total. The van der Waals surface area contributed by atoms with Crippen LogP contribution in [0.25, 0.3) is 0 Å². The van der Waals surface area contributed by atoms with E-state index >= 15 is 0 Å². The highest BCUT2D eigenvalue weighted by Crippen LogP contribution is 2.34. The Morgan fingerprint density at radius 2 is 1.60 bits per heavy atom. The molecule has 1 amide bonds. The molecular formula is C14H29Cl2N3O. The van der Waals surface area contributed by atoms with Crippen molar-refractivity contribution in [1.82, 2.24) is 9.80 Å². The first-order chi connectivity index (χ1) is 8.30. The van der Waals surface area contributed by atoms with Gasteiger partial charge < -0.3 is 10.6 Å². The van der Waals surface area contributed by atoms with E-state index in [-0.39, 0.29) is 30.7 Å². The molecule has 1 heterocycles. The molecule has 6 heteroatoms. The molecule has 1 aliphatic carbocycles. The highest BCUT2D eigenvalue weighted by Gasteiger charge is 2.48. The molecular weight excluding hydrogens is 297 g/mol. The average Bonchev–Trinajstić information content (AvgIpc) is 3.05. The lowest BCUT2D eigenvalue weighted by molar-refractivity contribution is -0.135. The summed E-state index contributed by atoms with van der Waals surface area (Å²) in [5.74, 6) is 0.179. The van der Waals surface area contributed by atoms with Crippen LogP contribution in [0, 0.1) is 5.41 Å². The zero-order chi connectivity index (χ0) is 13.4. The molecule has 2 N–H and O–H groups in total. The lowest BCUT2D eigenvalue weighted by Gasteiger charge is -2.37.